The van der Waals surface area contributed by atoms with Gasteiger partial charge in [-0.25, -0.2) is 0 Å². The number of carbonyl (C=O) groups is 7. The van der Waals surface area contributed by atoms with Crippen LogP contribution in [0.5, 0.6) is 5.75 Å². The zero-order chi connectivity index (χ0) is 41.8. The summed E-state index contributed by atoms with van der Waals surface area (Å²) in [5, 5.41) is 18.8. The van der Waals surface area contributed by atoms with E-state index in [0.717, 1.165) is 5.56 Å². The molecule has 5 aliphatic rings. The van der Waals surface area contributed by atoms with Crippen LogP contribution in [0.15, 0.2) is 54.6 Å². The lowest BCUT2D eigenvalue weighted by molar-refractivity contribution is -0.151. The maximum atomic E-state index is 14.7. The summed E-state index contributed by atoms with van der Waals surface area (Å²) in [7, 11) is 0. The van der Waals surface area contributed by atoms with Gasteiger partial charge in [-0.05, 0) is 80.5 Å². The minimum Gasteiger partial charge on any atom is -0.508 e. The summed E-state index contributed by atoms with van der Waals surface area (Å²) in [5.41, 5.74) is 1.46. The normalized spacial score (nSPS) is 29.3. The van der Waals surface area contributed by atoms with Crippen molar-refractivity contribution < 1.29 is 38.7 Å². The molecule has 5 heterocycles. The summed E-state index contributed by atoms with van der Waals surface area (Å²) in [6, 6.07) is 8.94. The third kappa shape index (κ3) is 8.93. The van der Waals surface area contributed by atoms with E-state index >= 15 is 0 Å². The number of phenols is 1. The quantitative estimate of drug-likeness (QED) is 0.339. The van der Waals surface area contributed by atoms with E-state index in [2.05, 4.69) is 16.0 Å². The Hall–Kier alpha value is -5.47. The van der Waals surface area contributed by atoms with Crippen LogP contribution in [-0.4, -0.2) is 135 Å². The average molecular weight is 812 g/mol. The highest BCUT2D eigenvalue weighted by Gasteiger charge is 2.48. The fourth-order valence-electron chi connectivity index (χ4n) is 9.56. The zero-order valence-electron chi connectivity index (χ0n) is 34.0. The molecule has 59 heavy (non-hydrogen) atoms. The van der Waals surface area contributed by atoms with Gasteiger partial charge in [0.1, 0.15) is 48.0 Å². The van der Waals surface area contributed by atoms with Crippen molar-refractivity contribution in [1.82, 2.24) is 35.6 Å². The Morgan fingerprint density at radius 3 is 1.46 bits per heavy atom. The van der Waals surface area contributed by atoms with Gasteiger partial charge in [0, 0.05) is 39.0 Å². The van der Waals surface area contributed by atoms with Gasteiger partial charge in [0.25, 0.3) is 0 Å². The standard InChI is InChI=1S/C44H57N7O8/c1-3-27(2)37-40(55)46-32(26-29-17-19-30(52)20-18-29)41(56)48-21-7-13-33(48)38(53)45-31(25-28-11-5-4-6-12-28)42(57)50-23-9-15-35(50)44(59)51-24-10-16-36(51)43(58)49-22-8-14-34(49)39(54)47-37/h4-6,11-12,17-20,27,31-37,52H,3,7-10,13-16,21-26H2,1-2H3,(H,45,53)(H,46,55)(H,47,54)/t27-,31-,32-,33-,34-,35-,36-,37-/m0/s1. The van der Waals surface area contributed by atoms with Gasteiger partial charge in [0.2, 0.25) is 41.4 Å². The molecule has 0 saturated carbocycles. The van der Waals surface area contributed by atoms with Crippen LogP contribution in [0, 0.1) is 5.92 Å². The maximum Gasteiger partial charge on any atom is 0.246 e. The molecule has 5 saturated heterocycles. The maximum absolute atomic E-state index is 14.7. The topological polar surface area (TPSA) is 189 Å². The van der Waals surface area contributed by atoms with Crippen LogP contribution in [-0.2, 0) is 46.4 Å². The van der Waals surface area contributed by atoms with Gasteiger partial charge in [-0.3, -0.25) is 33.6 Å². The number of hydrogen-bond donors (Lipinski definition) is 4. The molecule has 0 bridgehead atoms. The smallest absolute Gasteiger partial charge is 0.246 e. The van der Waals surface area contributed by atoms with E-state index in [1.807, 2.05) is 44.2 Å². The minimum atomic E-state index is -1.14. The average Bonchev–Trinajstić information content (AvgIpc) is 4.09. The molecule has 15 heteroatoms. The van der Waals surface area contributed by atoms with Gasteiger partial charge in [0.05, 0.1) is 0 Å². The van der Waals surface area contributed by atoms with Crippen molar-refractivity contribution in [3.63, 3.8) is 0 Å². The molecule has 8 atom stereocenters. The van der Waals surface area contributed by atoms with Crippen molar-refractivity contribution in [2.45, 2.75) is 127 Å². The van der Waals surface area contributed by atoms with Crippen LogP contribution in [0.2, 0.25) is 0 Å². The second-order valence-corrected chi connectivity index (χ2v) is 16.8. The number of fused-ring (bicyclic) bond motifs is 4. The second-order valence-electron chi connectivity index (χ2n) is 16.8. The summed E-state index contributed by atoms with van der Waals surface area (Å²) in [5.74, 6) is -3.42. The first-order valence-electron chi connectivity index (χ1n) is 21.4. The van der Waals surface area contributed by atoms with Crippen molar-refractivity contribution in [1.29, 1.82) is 0 Å². The monoisotopic (exact) mass is 811 g/mol. The molecule has 2 aromatic rings. The van der Waals surface area contributed by atoms with Crippen LogP contribution in [0.25, 0.3) is 0 Å². The Kier molecular flexibility index (Phi) is 12.9. The van der Waals surface area contributed by atoms with Gasteiger partial charge in [0.15, 0.2) is 0 Å². The Morgan fingerprint density at radius 2 is 0.949 bits per heavy atom. The van der Waals surface area contributed by atoms with E-state index in [4.69, 9.17) is 0 Å². The highest BCUT2D eigenvalue weighted by molar-refractivity contribution is 5.99. The van der Waals surface area contributed by atoms with E-state index in [-0.39, 0.29) is 42.9 Å². The summed E-state index contributed by atoms with van der Waals surface area (Å²) in [4.78, 5) is 107. The van der Waals surface area contributed by atoms with Crippen molar-refractivity contribution in [2.75, 3.05) is 26.2 Å². The van der Waals surface area contributed by atoms with Crippen LogP contribution < -0.4 is 16.0 Å². The van der Waals surface area contributed by atoms with Crippen molar-refractivity contribution in [3.8, 4) is 5.75 Å². The fourth-order valence-corrected chi connectivity index (χ4v) is 9.56. The first-order chi connectivity index (χ1) is 28.4. The number of amides is 7. The molecule has 0 aromatic heterocycles. The molecule has 0 aliphatic carbocycles. The number of benzene rings is 2. The number of nitrogens with one attached hydrogen (secondary N) is 3. The number of hydrogen-bond acceptors (Lipinski definition) is 8. The summed E-state index contributed by atoms with van der Waals surface area (Å²) >= 11 is 0. The largest absolute Gasteiger partial charge is 0.508 e. The van der Waals surface area contributed by atoms with Crippen molar-refractivity contribution >= 4 is 41.4 Å². The van der Waals surface area contributed by atoms with Gasteiger partial charge in [-0.1, -0.05) is 62.7 Å². The third-order valence-corrected chi connectivity index (χ3v) is 13.0. The second kappa shape index (κ2) is 18.2. The Balaban J connectivity index is 1.27. The van der Waals surface area contributed by atoms with E-state index in [0.29, 0.717) is 83.0 Å². The lowest BCUT2D eigenvalue weighted by Gasteiger charge is -2.35. The molecule has 5 aliphatic heterocycles. The first-order valence-corrected chi connectivity index (χ1v) is 21.4. The Labute approximate surface area is 345 Å². The van der Waals surface area contributed by atoms with Gasteiger partial charge >= 0.3 is 0 Å². The number of aromatic hydroxyl groups is 1. The third-order valence-electron chi connectivity index (χ3n) is 13.0. The number of carbonyl (C=O) groups excluding carboxylic acids is 7. The molecule has 316 valence electrons. The molecule has 7 rings (SSSR count). The van der Waals surface area contributed by atoms with Gasteiger partial charge in [-0.2, -0.15) is 0 Å². The summed E-state index contributed by atoms with van der Waals surface area (Å²) in [6.45, 7) is 4.95. The minimum absolute atomic E-state index is 0.0381. The van der Waals surface area contributed by atoms with Gasteiger partial charge < -0.3 is 40.7 Å². The molecule has 5 fully saturated rings. The number of nitrogens with zero attached hydrogens (tertiary/aromatic N) is 4. The summed E-state index contributed by atoms with van der Waals surface area (Å²) in [6.07, 6.45) is 4.54. The Bertz CT molecular complexity index is 1910. The predicted molar refractivity (Wildman–Crippen MR) is 216 cm³/mol. The first kappa shape index (κ1) is 41.7. The van der Waals surface area contributed by atoms with Gasteiger partial charge in [-0.15, -0.1) is 0 Å². The van der Waals surface area contributed by atoms with Crippen LogP contribution >= 0.6 is 0 Å². The molecule has 0 radical (unpaired) electrons. The predicted octanol–water partition coefficient (Wildman–Crippen LogP) is 1.66. The lowest BCUT2D eigenvalue weighted by atomic mass is 9.96. The number of phenolic OH excluding ortho intramolecular Hbond substituents is 1. The van der Waals surface area contributed by atoms with E-state index in [1.165, 1.54) is 21.9 Å². The Morgan fingerprint density at radius 1 is 0.542 bits per heavy atom. The molecule has 0 unspecified atom stereocenters. The molecular weight excluding hydrogens is 755 g/mol. The van der Waals surface area contributed by atoms with Crippen molar-refractivity contribution in [2.24, 2.45) is 5.92 Å². The fraction of sp³-hybridized carbons (Fsp3) is 0.568. The SMILES string of the molecule is CC[C@H](C)[C@@H]1NC(=O)[C@@H]2CCCN2C(=O)[C@@H]2CCCN2C(=O)[C@@H]2CCCN2C(=O)[C@H](Cc2ccccc2)NC(=O)[C@@H]2CCCN2C(=O)[C@H](Cc2ccc(O)cc2)NC1=O. The van der Waals surface area contributed by atoms with E-state index < -0.39 is 71.8 Å². The molecule has 15 nitrogen and oxygen atoms in total. The van der Waals surface area contributed by atoms with E-state index in [9.17, 15) is 38.7 Å². The molecule has 0 spiro atoms. The molecule has 4 N–H and O–H groups in total. The highest BCUT2D eigenvalue weighted by atomic mass is 16.3. The van der Waals surface area contributed by atoms with Crippen LogP contribution in [0.3, 0.4) is 0 Å². The summed E-state index contributed by atoms with van der Waals surface area (Å²) < 4.78 is 0. The zero-order valence-corrected chi connectivity index (χ0v) is 34.0. The van der Waals surface area contributed by atoms with Crippen LogP contribution in [0.1, 0.15) is 82.8 Å². The lowest BCUT2D eigenvalue weighted by Crippen LogP contribution is -2.60. The van der Waals surface area contributed by atoms with Crippen molar-refractivity contribution in [3.05, 3.63) is 65.7 Å². The number of rotatable bonds is 6. The van der Waals surface area contributed by atoms with E-state index in [1.54, 1.807) is 21.9 Å². The van der Waals surface area contributed by atoms with Crippen LogP contribution in [0.4, 0.5) is 0 Å². The highest BCUT2D eigenvalue weighted by Crippen LogP contribution is 2.30. The molecule has 2 aromatic carbocycles. The molecule has 7 amide bonds. The molecular formula is C44H57N7O8.